The largest absolute Gasteiger partial charge is 0.399 e. The minimum absolute atomic E-state index is 0.0347. The summed E-state index contributed by atoms with van der Waals surface area (Å²) in [6, 6.07) is 7.69. The number of rotatable bonds is 4. The van der Waals surface area contributed by atoms with E-state index in [1.54, 1.807) is 6.92 Å². The van der Waals surface area contributed by atoms with E-state index >= 15 is 0 Å². The number of benzene rings is 1. The molecule has 0 saturated carbocycles. The third-order valence-electron chi connectivity index (χ3n) is 3.27. The van der Waals surface area contributed by atoms with Gasteiger partial charge >= 0.3 is 0 Å². The fourth-order valence-corrected chi connectivity index (χ4v) is 2.27. The normalized spacial score (nSPS) is 19.6. The van der Waals surface area contributed by atoms with Crippen LogP contribution in [0, 0.1) is 5.92 Å². The summed E-state index contributed by atoms with van der Waals surface area (Å²) in [5, 5.41) is 0. The van der Waals surface area contributed by atoms with Crippen LogP contribution in [0.1, 0.15) is 25.3 Å². The number of aryl methyl sites for hydroxylation is 1. The van der Waals surface area contributed by atoms with Crippen molar-refractivity contribution in [2.75, 3.05) is 12.3 Å². The van der Waals surface area contributed by atoms with Gasteiger partial charge in [0.05, 0.1) is 0 Å². The van der Waals surface area contributed by atoms with Crippen LogP contribution in [0.15, 0.2) is 24.3 Å². The van der Waals surface area contributed by atoms with Crippen molar-refractivity contribution < 1.29 is 9.59 Å². The van der Waals surface area contributed by atoms with Gasteiger partial charge < -0.3 is 5.73 Å². The maximum Gasteiger partial charge on any atom is 0.232 e. The van der Waals surface area contributed by atoms with Gasteiger partial charge in [0.15, 0.2) is 0 Å². The predicted octanol–water partition coefficient (Wildman–Crippen LogP) is 1.60. The number of hydrogen-bond acceptors (Lipinski definition) is 3. The minimum atomic E-state index is -0.148. The smallest absolute Gasteiger partial charge is 0.232 e. The van der Waals surface area contributed by atoms with E-state index < -0.39 is 0 Å². The Labute approximate surface area is 107 Å². The van der Waals surface area contributed by atoms with Crippen molar-refractivity contribution >= 4 is 17.5 Å². The number of amides is 2. The quantitative estimate of drug-likeness (QED) is 0.648. The van der Waals surface area contributed by atoms with E-state index in [1.165, 1.54) is 4.90 Å². The van der Waals surface area contributed by atoms with Gasteiger partial charge in [-0.2, -0.15) is 0 Å². The van der Waals surface area contributed by atoms with Gasteiger partial charge in [0.25, 0.3) is 0 Å². The van der Waals surface area contributed by atoms with E-state index in [2.05, 4.69) is 0 Å². The second-order valence-corrected chi connectivity index (χ2v) is 4.84. The molecule has 1 atom stereocenters. The van der Waals surface area contributed by atoms with Gasteiger partial charge in [-0.3, -0.25) is 14.5 Å². The van der Waals surface area contributed by atoms with Gasteiger partial charge in [0, 0.05) is 24.6 Å². The van der Waals surface area contributed by atoms with E-state index in [0.29, 0.717) is 13.0 Å². The zero-order valence-corrected chi connectivity index (χ0v) is 10.6. The van der Waals surface area contributed by atoms with Crippen LogP contribution in [-0.2, 0) is 16.0 Å². The first kappa shape index (κ1) is 12.6. The molecule has 2 rings (SSSR count). The number of carbonyl (C=O) groups is 2. The van der Waals surface area contributed by atoms with Crippen LogP contribution in [-0.4, -0.2) is 23.3 Å². The van der Waals surface area contributed by atoms with Crippen LogP contribution in [0.4, 0.5) is 5.69 Å². The molecule has 0 bridgehead atoms. The van der Waals surface area contributed by atoms with E-state index in [4.69, 9.17) is 5.73 Å². The minimum Gasteiger partial charge on any atom is -0.399 e. The standard InChI is InChI=1S/C14H18N2O2/c1-10-8-13(17)16(14(10)18)7-3-5-11-4-2-6-12(15)9-11/h2,4,6,9-10H,3,5,7-8,15H2,1H3. The molecule has 4 heteroatoms. The molecule has 2 amide bonds. The van der Waals surface area contributed by atoms with Crippen molar-refractivity contribution in [3.63, 3.8) is 0 Å². The third-order valence-corrected chi connectivity index (χ3v) is 3.27. The lowest BCUT2D eigenvalue weighted by atomic mass is 10.1. The molecule has 1 fully saturated rings. The monoisotopic (exact) mass is 246 g/mol. The molecule has 0 radical (unpaired) electrons. The van der Waals surface area contributed by atoms with Crippen molar-refractivity contribution in [1.29, 1.82) is 0 Å². The number of anilines is 1. The Bertz CT molecular complexity index is 471. The molecular weight excluding hydrogens is 228 g/mol. The first-order chi connectivity index (χ1) is 8.58. The Morgan fingerprint density at radius 3 is 2.78 bits per heavy atom. The molecule has 4 nitrogen and oxygen atoms in total. The molecule has 1 aliphatic heterocycles. The molecule has 1 heterocycles. The van der Waals surface area contributed by atoms with Gasteiger partial charge in [-0.15, -0.1) is 0 Å². The molecule has 0 spiro atoms. The lowest BCUT2D eigenvalue weighted by Gasteiger charge is -2.14. The Morgan fingerprint density at radius 1 is 1.39 bits per heavy atom. The molecular formula is C14H18N2O2. The third kappa shape index (κ3) is 2.70. The van der Waals surface area contributed by atoms with Gasteiger partial charge in [0.2, 0.25) is 11.8 Å². The number of nitrogens with two attached hydrogens (primary N) is 1. The van der Waals surface area contributed by atoms with E-state index in [9.17, 15) is 9.59 Å². The summed E-state index contributed by atoms with van der Waals surface area (Å²) in [6.45, 7) is 2.31. The second kappa shape index (κ2) is 5.21. The van der Waals surface area contributed by atoms with Crippen LogP contribution in [0.3, 0.4) is 0 Å². The molecule has 0 aromatic heterocycles. The molecule has 0 aliphatic carbocycles. The summed E-state index contributed by atoms with van der Waals surface area (Å²) < 4.78 is 0. The van der Waals surface area contributed by atoms with Crippen molar-refractivity contribution in [3.05, 3.63) is 29.8 Å². The summed E-state index contributed by atoms with van der Waals surface area (Å²) in [4.78, 5) is 24.7. The number of nitrogen functional groups attached to an aromatic ring is 1. The Kier molecular flexibility index (Phi) is 3.65. The molecule has 96 valence electrons. The number of carbonyl (C=O) groups excluding carboxylic acids is 2. The molecule has 1 aromatic rings. The highest BCUT2D eigenvalue weighted by molar-refractivity contribution is 6.03. The average Bonchev–Trinajstić information content (AvgIpc) is 2.56. The topological polar surface area (TPSA) is 63.4 Å². The Hall–Kier alpha value is -1.84. The summed E-state index contributed by atoms with van der Waals surface area (Å²) in [6.07, 6.45) is 1.97. The number of hydrogen-bond donors (Lipinski definition) is 1. The molecule has 2 N–H and O–H groups in total. The fraction of sp³-hybridized carbons (Fsp3) is 0.429. The van der Waals surface area contributed by atoms with Crippen molar-refractivity contribution in [3.8, 4) is 0 Å². The van der Waals surface area contributed by atoms with Crippen LogP contribution in [0.25, 0.3) is 0 Å². The number of nitrogens with zero attached hydrogens (tertiary/aromatic N) is 1. The predicted molar refractivity (Wildman–Crippen MR) is 69.7 cm³/mol. The summed E-state index contributed by atoms with van der Waals surface area (Å²) >= 11 is 0. The van der Waals surface area contributed by atoms with Gasteiger partial charge in [0.1, 0.15) is 0 Å². The fourth-order valence-electron chi connectivity index (χ4n) is 2.27. The lowest BCUT2D eigenvalue weighted by molar-refractivity contribution is -0.139. The van der Waals surface area contributed by atoms with Crippen molar-refractivity contribution in [2.24, 2.45) is 5.92 Å². The Morgan fingerprint density at radius 2 is 2.17 bits per heavy atom. The van der Waals surface area contributed by atoms with Crippen LogP contribution in [0.5, 0.6) is 0 Å². The zero-order chi connectivity index (χ0) is 13.1. The molecule has 1 aromatic carbocycles. The number of likely N-dealkylation sites (tertiary alicyclic amines) is 1. The molecule has 18 heavy (non-hydrogen) atoms. The Balaban J connectivity index is 1.86. The average molecular weight is 246 g/mol. The molecule has 1 saturated heterocycles. The van der Waals surface area contributed by atoms with E-state index in [0.717, 1.165) is 24.1 Å². The highest BCUT2D eigenvalue weighted by atomic mass is 16.2. The summed E-state index contributed by atoms with van der Waals surface area (Å²) in [7, 11) is 0. The van der Waals surface area contributed by atoms with Gasteiger partial charge in [-0.1, -0.05) is 19.1 Å². The zero-order valence-electron chi connectivity index (χ0n) is 10.6. The first-order valence-electron chi connectivity index (χ1n) is 6.26. The molecule has 1 aliphatic rings. The van der Waals surface area contributed by atoms with Crippen LogP contribution in [0.2, 0.25) is 0 Å². The van der Waals surface area contributed by atoms with Gasteiger partial charge in [-0.25, -0.2) is 0 Å². The highest BCUT2D eigenvalue weighted by Crippen LogP contribution is 2.19. The summed E-state index contributed by atoms with van der Waals surface area (Å²) in [5.41, 5.74) is 7.58. The van der Waals surface area contributed by atoms with E-state index in [1.807, 2.05) is 24.3 Å². The number of imide groups is 1. The van der Waals surface area contributed by atoms with Gasteiger partial charge in [-0.05, 0) is 30.5 Å². The van der Waals surface area contributed by atoms with Crippen LogP contribution < -0.4 is 5.73 Å². The van der Waals surface area contributed by atoms with Crippen LogP contribution >= 0.6 is 0 Å². The lowest BCUT2D eigenvalue weighted by Crippen LogP contribution is -2.31. The SMILES string of the molecule is CC1CC(=O)N(CCCc2cccc(N)c2)C1=O. The second-order valence-electron chi connectivity index (χ2n) is 4.84. The van der Waals surface area contributed by atoms with Crippen molar-refractivity contribution in [1.82, 2.24) is 4.90 Å². The highest BCUT2D eigenvalue weighted by Gasteiger charge is 2.34. The maximum atomic E-state index is 11.7. The maximum absolute atomic E-state index is 11.7. The molecule has 1 unspecified atom stereocenters. The van der Waals surface area contributed by atoms with Crippen molar-refractivity contribution in [2.45, 2.75) is 26.2 Å². The first-order valence-corrected chi connectivity index (χ1v) is 6.26. The van der Waals surface area contributed by atoms with E-state index in [-0.39, 0.29) is 17.7 Å². The summed E-state index contributed by atoms with van der Waals surface area (Å²) in [5.74, 6) is -0.225.